The summed E-state index contributed by atoms with van der Waals surface area (Å²) in [5, 5.41) is 2.04. The molecule has 98 valence electrons. The number of amides is 1. The van der Waals surface area contributed by atoms with Gasteiger partial charge in [0.15, 0.2) is 0 Å². The number of thiophene rings is 1. The van der Waals surface area contributed by atoms with Gasteiger partial charge in [-0.3, -0.25) is 9.69 Å². The van der Waals surface area contributed by atoms with Gasteiger partial charge in [-0.15, -0.1) is 11.3 Å². The number of hydrogen-bond donors (Lipinski definition) is 0. The lowest BCUT2D eigenvalue weighted by molar-refractivity contribution is -0.118. The van der Waals surface area contributed by atoms with E-state index in [4.69, 9.17) is 0 Å². The Morgan fingerprint density at radius 1 is 1.21 bits per heavy atom. The number of anilines is 1. The molecule has 0 aliphatic carbocycles. The van der Waals surface area contributed by atoms with Gasteiger partial charge in [-0.05, 0) is 36.9 Å². The Balaban J connectivity index is 2.05. The number of aryl methyl sites for hydroxylation is 1. The summed E-state index contributed by atoms with van der Waals surface area (Å²) in [6.45, 7) is 1.92. The van der Waals surface area contributed by atoms with E-state index in [-0.39, 0.29) is 5.91 Å². The van der Waals surface area contributed by atoms with Crippen LogP contribution < -0.4 is 4.90 Å². The Kier molecular flexibility index (Phi) is 4.93. The molecule has 0 atom stereocenters. The fourth-order valence-electron chi connectivity index (χ4n) is 1.86. The quantitative estimate of drug-likeness (QED) is 0.796. The first-order chi connectivity index (χ1) is 9.31. The average Bonchev–Trinajstić information content (AvgIpc) is 2.96. The fourth-order valence-corrected chi connectivity index (χ4v) is 2.57. The number of para-hydroxylation sites is 1. The molecule has 3 heteroatoms. The third kappa shape index (κ3) is 3.80. The second-order valence-corrected chi connectivity index (χ2v) is 5.19. The first-order valence-electron chi connectivity index (χ1n) is 6.33. The highest BCUT2D eigenvalue weighted by atomic mass is 32.1. The Morgan fingerprint density at radius 3 is 2.63 bits per heavy atom. The van der Waals surface area contributed by atoms with Crippen LogP contribution in [-0.2, 0) is 11.2 Å². The summed E-state index contributed by atoms with van der Waals surface area (Å²) in [4.78, 5) is 15.3. The van der Waals surface area contributed by atoms with Gasteiger partial charge in [-0.1, -0.05) is 30.3 Å². The molecule has 2 aromatic rings. The number of benzene rings is 1. The maximum atomic E-state index is 12.3. The van der Waals surface area contributed by atoms with E-state index in [1.807, 2.05) is 61.0 Å². The third-order valence-electron chi connectivity index (χ3n) is 2.77. The van der Waals surface area contributed by atoms with Crippen LogP contribution in [0.5, 0.6) is 0 Å². The molecule has 2 nitrogen and oxygen atoms in total. The molecule has 0 saturated carbocycles. The van der Waals surface area contributed by atoms with Crippen molar-refractivity contribution in [3.8, 4) is 0 Å². The number of hydrogen-bond acceptors (Lipinski definition) is 2. The van der Waals surface area contributed by atoms with Crippen molar-refractivity contribution in [2.75, 3.05) is 4.90 Å². The van der Waals surface area contributed by atoms with Crippen LogP contribution >= 0.6 is 11.3 Å². The highest BCUT2D eigenvalue weighted by molar-refractivity contribution is 7.09. The zero-order chi connectivity index (χ0) is 13.5. The van der Waals surface area contributed by atoms with Crippen molar-refractivity contribution in [2.24, 2.45) is 0 Å². The topological polar surface area (TPSA) is 20.3 Å². The lowest BCUT2D eigenvalue weighted by Crippen LogP contribution is -2.25. The summed E-state index contributed by atoms with van der Waals surface area (Å²) in [6, 6.07) is 13.8. The minimum absolute atomic E-state index is 0.123. The Hall–Kier alpha value is -1.87. The maximum absolute atomic E-state index is 12.3. The van der Waals surface area contributed by atoms with Crippen LogP contribution in [0.2, 0.25) is 0 Å². The molecule has 0 unspecified atom stereocenters. The Bertz CT molecular complexity index is 531. The standard InChI is InChI=1S/C16H17NOS/c1-2-12-17(14-7-4-3-5-8-14)16(18)11-10-15-9-6-13-19-15/h2-9,12-13H,10-11H2,1H3. The van der Waals surface area contributed by atoms with Crippen LogP contribution in [0.1, 0.15) is 18.2 Å². The third-order valence-corrected chi connectivity index (χ3v) is 3.70. The molecule has 0 fully saturated rings. The molecule has 1 amide bonds. The molecule has 0 radical (unpaired) electrons. The Morgan fingerprint density at radius 2 is 2.00 bits per heavy atom. The van der Waals surface area contributed by atoms with E-state index in [0.717, 1.165) is 12.1 Å². The average molecular weight is 271 g/mol. The first-order valence-corrected chi connectivity index (χ1v) is 7.21. The predicted octanol–water partition coefficient (Wildman–Crippen LogP) is 4.25. The van der Waals surface area contributed by atoms with Crippen molar-refractivity contribution in [1.29, 1.82) is 0 Å². The van der Waals surface area contributed by atoms with Crippen LogP contribution in [0, 0.1) is 0 Å². The van der Waals surface area contributed by atoms with Crippen molar-refractivity contribution in [3.05, 3.63) is 65.0 Å². The van der Waals surface area contributed by atoms with Crippen LogP contribution in [0.4, 0.5) is 5.69 Å². The molecule has 1 aromatic heterocycles. The van der Waals surface area contributed by atoms with E-state index in [1.165, 1.54) is 4.88 Å². The van der Waals surface area contributed by atoms with E-state index < -0.39 is 0 Å². The van der Waals surface area contributed by atoms with Crippen LogP contribution in [0.15, 0.2) is 60.1 Å². The first kappa shape index (κ1) is 13.6. The second kappa shape index (κ2) is 6.90. The molecule has 0 aliphatic rings. The van der Waals surface area contributed by atoms with Crippen molar-refractivity contribution in [1.82, 2.24) is 0 Å². The summed E-state index contributed by atoms with van der Waals surface area (Å²) in [6.07, 6.45) is 5.04. The Labute approximate surface area is 118 Å². The van der Waals surface area contributed by atoms with E-state index in [2.05, 4.69) is 6.07 Å². The molecule has 0 bridgehead atoms. The van der Waals surface area contributed by atoms with Crippen molar-refractivity contribution in [3.63, 3.8) is 0 Å². The van der Waals surface area contributed by atoms with E-state index >= 15 is 0 Å². The van der Waals surface area contributed by atoms with Gasteiger partial charge >= 0.3 is 0 Å². The lowest BCUT2D eigenvalue weighted by atomic mass is 10.2. The summed E-state index contributed by atoms with van der Waals surface area (Å²) in [7, 11) is 0. The van der Waals surface area contributed by atoms with Crippen molar-refractivity contribution in [2.45, 2.75) is 19.8 Å². The van der Waals surface area contributed by atoms with Gasteiger partial charge in [-0.25, -0.2) is 0 Å². The van der Waals surface area contributed by atoms with E-state index in [1.54, 1.807) is 16.2 Å². The van der Waals surface area contributed by atoms with Crippen LogP contribution in [-0.4, -0.2) is 5.91 Å². The number of rotatable bonds is 5. The number of allylic oxidation sites excluding steroid dienone is 1. The summed E-state index contributed by atoms with van der Waals surface area (Å²) < 4.78 is 0. The minimum atomic E-state index is 0.123. The summed E-state index contributed by atoms with van der Waals surface area (Å²) in [5.74, 6) is 0.123. The van der Waals surface area contributed by atoms with Crippen molar-refractivity contribution < 1.29 is 4.79 Å². The molecule has 0 spiro atoms. The van der Waals surface area contributed by atoms with Gasteiger partial charge in [0.1, 0.15) is 0 Å². The molecule has 1 heterocycles. The molecular formula is C16H17NOS. The van der Waals surface area contributed by atoms with E-state index in [0.29, 0.717) is 6.42 Å². The summed E-state index contributed by atoms with van der Waals surface area (Å²) >= 11 is 1.70. The largest absolute Gasteiger partial charge is 0.288 e. The lowest BCUT2D eigenvalue weighted by Gasteiger charge is -2.18. The van der Waals surface area contributed by atoms with Gasteiger partial charge < -0.3 is 0 Å². The maximum Gasteiger partial charge on any atom is 0.231 e. The monoisotopic (exact) mass is 271 g/mol. The van der Waals surface area contributed by atoms with Crippen LogP contribution in [0.25, 0.3) is 0 Å². The molecule has 2 rings (SSSR count). The van der Waals surface area contributed by atoms with Crippen LogP contribution in [0.3, 0.4) is 0 Å². The predicted molar refractivity (Wildman–Crippen MR) is 81.4 cm³/mol. The van der Waals surface area contributed by atoms with Gasteiger partial charge in [0, 0.05) is 23.2 Å². The summed E-state index contributed by atoms with van der Waals surface area (Å²) in [5.41, 5.74) is 0.914. The zero-order valence-electron chi connectivity index (χ0n) is 11.0. The molecule has 1 aromatic carbocycles. The normalized spacial score (nSPS) is 10.8. The second-order valence-electron chi connectivity index (χ2n) is 4.16. The van der Waals surface area contributed by atoms with E-state index in [9.17, 15) is 4.79 Å². The zero-order valence-corrected chi connectivity index (χ0v) is 11.8. The molecule has 0 saturated heterocycles. The minimum Gasteiger partial charge on any atom is -0.288 e. The number of carbonyl (C=O) groups excluding carboxylic acids is 1. The fraction of sp³-hybridized carbons (Fsp3) is 0.188. The van der Waals surface area contributed by atoms with Gasteiger partial charge in [0.25, 0.3) is 0 Å². The molecule has 0 aliphatic heterocycles. The smallest absolute Gasteiger partial charge is 0.231 e. The van der Waals surface area contributed by atoms with Gasteiger partial charge in [0.2, 0.25) is 5.91 Å². The molecular weight excluding hydrogens is 254 g/mol. The van der Waals surface area contributed by atoms with Gasteiger partial charge in [0.05, 0.1) is 0 Å². The highest BCUT2D eigenvalue weighted by Gasteiger charge is 2.12. The molecule has 19 heavy (non-hydrogen) atoms. The van der Waals surface area contributed by atoms with Crippen molar-refractivity contribution >= 4 is 22.9 Å². The number of nitrogens with zero attached hydrogens (tertiary/aromatic N) is 1. The molecule has 0 N–H and O–H groups in total. The highest BCUT2D eigenvalue weighted by Crippen LogP contribution is 2.17. The number of carbonyl (C=O) groups is 1. The SMILES string of the molecule is CC=CN(C(=O)CCc1cccs1)c1ccccc1. The van der Waals surface area contributed by atoms with Gasteiger partial charge in [-0.2, -0.15) is 0 Å².